The standard InChI is InChI=1S/C9H14N2O3S3/c1-11(5-2-6-12)17(13,14)8-4-3-7(16-8)9(10)15/h3-4,12H,2,5-6H2,1H3,(H2,10,15). The average Bonchev–Trinajstić information content (AvgIpc) is 2.75. The van der Waals surface area contributed by atoms with Crippen molar-refractivity contribution < 1.29 is 13.5 Å². The monoisotopic (exact) mass is 294 g/mol. The maximum atomic E-state index is 12.0. The molecule has 0 amide bonds. The summed E-state index contributed by atoms with van der Waals surface area (Å²) in [5, 5.41) is 8.68. The summed E-state index contributed by atoms with van der Waals surface area (Å²) in [7, 11) is -2.02. The SMILES string of the molecule is CN(CCCO)S(=O)(=O)c1ccc(C(N)=S)s1. The fraction of sp³-hybridized carbons (Fsp3) is 0.444. The van der Waals surface area contributed by atoms with Crippen molar-refractivity contribution in [1.82, 2.24) is 4.31 Å². The molecule has 1 aromatic heterocycles. The number of nitrogens with zero attached hydrogens (tertiary/aromatic N) is 1. The zero-order chi connectivity index (χ0) is 13.1. The molecular weight excluding hydrogens is 280 g/mol. The van der Waals surface area contributed by atoms with E-state index in [0.29, 0.717) is 11.3 Å². The molecule has 0 fully saturated rings. The molecule has 8 heteroatoms. The number of thiophene rings is 1. The van der Waals surface area contributed by atoms with Crippen LogP contribution in [-0.2, 0) is 10.0 Å². The number of sulfonamides is 1. The minimum Gasteiger partial charge on any atom is -0.396 e. The van der Waals surface area contributed by atoms with Crippen molar-refractivity contribution in [2.75, 3.05) is 20.2 Å². The van der Waals surface area contributed by atoms with Crippen LogP contribution < -0.4 is 5.73 Å². The molecular formula is C9H14N2O3S3. The van der Waals surface area contributed by atoms with Crippen LogP contribution in [0.5, 0.6) is 0 Å². The van der Waals surface area contributed by atoms with E-state index in [2.05, 4.69) is 0 Å². The first-order valence-electron chi connectivity index (χ1n) is 4.86. The Bertz CT molecular complexity index is 495. The third kappa shape index (κ3) is 3.46. The van der Waals surface area contributed by atoms with Crippen molar-refractivity contribution in [2.24, 2.45) is 5.73 Å². The summed E-state index contributed by atoms with van der Waals surface area (Å²) < 4.78 is 25.5. The van der Waals surface area contributed by atoms with Crippen molar-refractivity contribution in [1.29, 1.82) is 0 Å². The highest BCUT2D eigenvalue weighted by atomic mass is 32.2. The molecule has 5 nitrogen and oxygen atoms in total. The Balaban J connectivity index is 2.92. The first kappa shape index (κ1) is 14.5. The van der Waals surface area contributed by atoms with E-state index in [4.69, 9.17) is 23.1 Å². The van der Waals surface area contributed by atoms with E-state index in [1.54, 1.807) is 6.07 Å². The second kappa shape index (κ2) is 5.87. The lowest BCUT2D eigenvalue weighted by Gasteiger charge is -2.14. The van der Waals surface area contributed by atoms with Crippen LogP contribution >= 0.6 is 23.6 Å². The molecule has 17 heavy (non-hydrogen) atoms. The minimum absolute atomic E-state index is 0.0392. The van der Waals surface area contributed by atoms with Gasteiger partial charge in [-0.2, -0.15) is 0 Å². The molecule has 0 saturated heterocycles. The van der Waals surface area contributed by atoms with Gasteiger partial charge in [-0.15, -0.1) is 11.3 Å². The fourth-order valence-corrected chi connectivity index (χ4v) is 3.93. The van der Waals surface area contributed by atoms with Crippen molar-refractivity contribution in [2.45, 2.75) is 10.6 Å². The zero-order valence-electron chi connectivity index (χ0n) is 9.29. The molecule has 3 N–H and O–H groups in total. The van der Waals surface area contributed by atoms with Gasteiger partial charge in [0.1, 0.15) is 9.20 Å². The van der Waals surface area contributed by atoms with Gasteiger partial charge >= 0.3 is 0 Å². The number of rotatable bonds is 6. The molecule has 1 aromatic rings. The average molecular weight is 294 g/mol. The molecule has 1 heterocycles. The van der Waals surface area contributed by atoms with Crippen LogP contribution in [0.1, 0.15) is 11.3 Å². The van der Waals surface area contributed by atoms with E-state index in [1.807, 2.05) is 0 Å². The summed E-state index contributed by atoms with van der Waals surface area (Å²) >= 11 is 5.83. The van der Waals surface area contributed by atoms with Gasteiger partial charge in [0.2, 0.25) is 0 Å². The molecule has 0 spiro atoms. The first-order valence-corrected chi connectivity index (χ1v) is 7.53. The van der Waals surface area contributed by atoms with Crippen LogP contribution in [0, 0.1) is 0 Å². The Hall–Kier alpha value is -0.540. The lowest BCUT2D eigenvalue weighted by Crippen LogP contribution is -2.27. The van der Waals surface area contributed by atoms with Crippen molar-refractivity contribution >= 4 is 38.6 Å². The highest BCUT2D eigenvalue weighted by Gasteiger charge is 2.22. The molecule has 0 unspecified atom stereocenters. The van der Waals surface area contributed by atoms with Crippen LogP contribution in [0.25, 0.3) is 0 Å². The topological polar surface area (TPSA) is 83.6 Å². The van der Waals surface area contributed by atoms with Crippen molar-refractivity contribution in [3.05, 3.63) is 17.0 Å². The van der Waals surface area contributed by atoms with E-state index in [9.17, 15) is 8.42 Å². The van der Waals surface area contributed by atoms with Gasteiger partial charge in [0, 0.05) is 20.2 Å². The third-order valence-electron chi connectivity index (χ3n) is 2.12. The number of aliphatic hydroxyl groups excluding tert-OH is 1. The highest BCUT2D eigenvalue weighted by molar-refractivity contribution is 7.91. The van der Waals surface area contributed by atoms with Gasteiger partial charge in [-0.1, -0.05) is 12.2 Å². The highest BCUT2D eigenvalue weighted by Crippen LogP contribution is 2.24. The number of hydrogen-bond acceptors (Lipinski definition) is 5. The van der Waals surface area contributed by atoms with Gasteiger partial charge in [-0.05, 0) is 18.6 Å². The molecule has 0 radical (unpaired) electrons. The Morgan fingerprint density at radius 3 is 2.71 bits per heavy atom. The van der Waals surface area contributed by atoms with Gasteiger partial charge in [-0.25, -0.2) is 12.7 Å². The predicted molar refractivity (Wildman–Crippen MR) is 71.7 cm³/mol. The van der Waals surface area contributed by atoms with E-state index in [-0.39, 0.29) is 22.3 Å². The van der Waals surface area contributed by atoms with E-state index in [1.165, 1.54) is 17.4 Å². The second-order valence-corrected chi connectivity index (χ2v) is 7.18. The van der Waals surface area contributed by atoms with Gasteiger partial charge in [0.25, 0.3) is 10.0 Å². The first-order chi connectivity index (χ1) is 7.89. The Morgan fingerprint density at radius 1 is 1.59 bits per heavy atom. The molecule has 0 bridgehead atoms. The molecule has 0 atom stereocenters. The van der Waals surface area contributed by atoms with Crippen LogP contribution in [-0.4, -0.2) is 43.0 Å². The predicted octanol–water partition coefficient (Wildman–Crippen LogP) is 0.385. The lowest BCUT2D eigenvalue weighted by atomic mass is 10.5. The summed E-state index contributed by atoms with van der Waals surface area (Å²) in [5.74, 6) is 0. The maximum Gasteiger partial charge on any atom is 0.252 e. The normalized spacial score (nSPS) is 11.9. The van der Waals surface area contributed by atoms with E-state index >= 15 is 0 Å². The molecule has 0 aromatic carbocycles. The van der Waals surface area contributed by atoms with Crippen LogP contribution in [0.2, 0.25) is 0 Å². The lowest BCUT2D eigenvalue weighted by molar-refractivity contribution is 0.276. The smallest absolute Gasteiger partial charge is 0.252 e. The second-order valence-electron chi connectivity index (χ2n) is 3.39. The van der Waals surface area contributed by atoms with Crippen LogP contribution in [0.4, 0.5) is 0 Å². The number of aliphatic hydroxyl groups is 1. The Morgan fingerprint density at radius 2 is 2.24 bits per heavy atom. The molecule has 96 valence electrons. The van der Waals surface area contributed by atoms with Crippen molar-refractivity contribution in [3.63, 3.8) is 0 Å². The molecule has 0 aliphatic carbocycles. The van der Waals surface area contributed by atoms with Gasteiger partial charge in [0.15, 0.2) is 0 Å². The minimum atomic E-state index is -3.50. The number of nitrogens with two attached hydrogens (primary N) is 1. The maximum absolute atomic E-state index is 12.0. The van der Waals surface area contributed by atoms with Crippen molar-refractivity contribution in [3.8, 4) is 0 Å². The van der Waals surface area contributed by atoms with Gasteiger partial charge in [0.05, 0.1) is 4.88 Å². The van der Waals surface area contributed by atoms with Crippen LogP contribution in [0.3, 0.4) is 0 Å². The Labute approximate surface area is 110 Å². The van der Waals surface area contributed by atoms with E-state index in [0.717, 1.165) is 11.3 Å². The molecule has 0 aliphatic rings. The number of thiocarbonyl (C=S) groups is 1. The van der Waals surface area contributed by atoms with Gasteiger partial charge in [-0.3, -0.25) is 0 Å². The summed E-state index contributed by atoms with van der Waals surface area (Å²) in [5.41, 5.74) is 5.43. The summed E-state index contributed by atoms with van der Waals surface area (Å²) in [6.07, 6.45) is 0.406. The molecule has 0 saturated carbocycles. The molecule has 0 aliphatic heterocycles. The third-order valence-corrected chi connectivity index (χ3v) is 5.91. The largest absolute Gasteiger partial charge is 0.396 e. The van der Waals surface area contributed by atoms with Gasteiger partial charge < -0.3 is 10.8 Å². The van der Waals surface area contributed by atoms with Crippen LogP contribution in [0.15, 0.2) is 16.3 Å². The summed E-state index contributed by atoms with van der Waals surface area (Å²) in [6.45, 7) is 0.238. The zero-order valence-corrected chi connectivity index (χ0v) is 11.7. The fourth-order valence-electron chi connectivity index (χ4n) is 1.16. The number of hydrogen-bond donors (Lipinski definition) is 2. The quantitative estimate of drug-likeness (QED) is 0.741. The summed E-state index contributed by atoms with van der Waals surface area (Å²) in [6, 6.07) is 3.09. The van der Waals surface area contributed by atoms with E-state index < -0.39 is 10.0 Å². The summed E-state index contributed by atoms with van der Waals surface area (Å²) in [4.78, 5) is 0.767. The molecule has 1 rings (SSSR count). The Kier molecular flexibility index (Phi) is 5.02.